The lowest BCUT2D eigenvalue weighted by atomic mass is 9.75. The van der Waals surface area contributed by atoms with Gasteiger partial charge in [-0.2, -0.15) is 16.6 Å². The molecule has 0 amide bonds. The molecule has 0 saturated carbocycles. The van der Waals surface area contributed by atoms with Crippen molar-refractivity contribution in [1.29, 1.82) is 5.26 Å². The molecule has 13 heavy (non-hydrogen) atoms. The van der Waals surface area contributed by atoms with Gasteiger partial charge in [0.15, 0.2) is 0 Å². The third-order valence-electron chi connectivity index (χ3n) is 2.70. The van der Waals surface area contributed by atoms with Crippen molar-refractivity contribution in [3.8, 4) is 6.07 Å². The van der Waals surface area contributed by atoms with Gasteiger partial charge in [0, 0.05) is 0 Å². The fraction of sp³-hybridized carbons (Fsp3) is 0.545. The molecule has 0 saturated heterocycles. The molecule has 0 aliphatic heterocycles. The van der Waals surface area contributed by atoms with Crippen LogP contribution in [0.5, 0.6) is 0 Å². The Bertz CT molecular complexity index is 292. The monoisotopic (exact) mass is 193 g/mol. The van der Waals surface area contributed by atoms with Crippen molar-refractivity contribution in [3.05, 3.63) is 22.4 Å². The molecule has 1 unspecified atom stereocenters. The van der Waals surface area contributed by atoms with Crippen LogP contribution in [0, 0.1) is 16.7 Å². The maximum Gasteiger partial charge on any atom is 0.0771 e. The quantitative estimate of drug-likeness (QED) is 0.716. The van der Waals surface area contributed by atoms with Gasteiger partial charge in [-0.05, 0) is 34.2 Å². The molecule has 0 aliphatic carbocycles. The lowest BCUT2D eigenvalue weighted by Crippen LogP contribution is -2.19. The molecular formula is C11H15NS. The highest BCUT2D eigenvalue weighted by Gasteiger charge is 2.29. The van der Waals surface area contributed by atoms with Crippen LogP contribution in [-0.4, -0.2) is 0 Å². The number of thiophene rings is 1. The summed E-state index contributed by atoms with van der Waals surface area (Å²) in [6.45, 7) is 6.44. The van der Waals surface area contributed by atoms with E-state index in [2.05, 4.69) is 38.3 Å². The molecule has 1 atom stereocenters. The first kappa shape index (κ1) is 10.3. The Hall–Kier alpha value is -0.810. The van der Waals surface area contributed by atoms with Crippen LogP contribution in [-0.2, 0) is 0 Å². The van der Waals surface area contributed by atoms with E-state index in [1.807, 2.05) is 5.38 Å². The second-order valence-electron chi connectivity index (χ2n) is 3.96. The van der Waals surface area contributed by atoms with Crippen molar-refractivity contribution in [2.45, 2.75) is 33.1 Å². The predicted molar refractivity (Wildman–Crippen MR) is 56.7 cm³/mol. The highest BCUT2D eigenvalue weighted by atomic mass is 32.1. The largest absolute Gasteiger partial charge is 0.198 e. The van der Waals surface area contributed by atoms with E-state index < -0.39 is 0 Å². The van der Waals surface area contributed by atoms with Gasteiger partial charge in [0.25, 0.3) is 0 Å². The highest BCUT2D eigenvalue weighted by molar-refractivity contribution is 7.08. The Morgan fingerprint density at radius 1 is 1.62 bits per heavy atom. The van der Waals surface area contributed by atoms with Crippen LogP contribution >= 0.6 is 11.3 Å². The molecule has 0 aromatic carbocycles. The van der Waals surface area contributed by atoms with E-state index in [-0.39, 0.29) is 11.3 Å². The molecule has 0 bridgehead atoms. The fourth-order valence-electron chi connectivity index (χ4n) is 1.34. The first-order valence-electron chi connectivity index (χ1n) is 4.53. The topological polar surface area (TPSA) is 23.8 Å². The second-order valence-corrected chi connectivity index (χ2v) is 4.74. The molecule has 0 aliphatic rings. The van der Waals surface area contributed by atoms with E-state index in [1.54, 1.807) is 11.3 Å². The van der Waals surface area contributed by atoms with Crippen LogP contribution in [0.4, 0.5) is 0 Å². The molecule has 0 spiro atoms. The van der Waals surface area contributed by atoms with Crippen molar-refractivity contribution < 1.29 is 0 Å². The lowest BCUT2D eigenvalue weighted by Gasteiger charge is -2.27. The Balaban J connectivity index is 2.94. The number of rotatable bonds is 3. The van der Waals surface area contributed by atoms with Gasteiger partial charge in [0.1, 0.15) is 0 Å². The summed E-state index contributed by atoms with van der Waals surface area (Å²) in [7, 11) is 0. The van der Waals surface area contributed by atoms with E-state index >= 15 is 0 Å². The minimum atomic E-state index is 0.0312. The van der Waals surface area contributed by atoms with Gasteiger partial charge in [-0.15, -0.1) is 0 Å². The van der Waals surface area contributed by atoms with Crippen molar-refractivity contribution in [2.75, 3.05) is 0 Å². The molecule has 1 aromatic heterocycles. The van der Waals surface area contributed by atoms with E-state index in [0.717, 1.165) is 6.42 Å². The normalized spacial score (nSPS) is 13.7. The van der Waals surface area contributed by atoms with Gasteiger partial charge < -0.3 is 0 Å². The molecule has 0 fully saturated rings. The van der Waals surface area contributed by atoms with Crippen LogP contribution in [0.3, 0.4) is 0 Å². The molecule has 1 rings (SSSR count). The van der Waals surface area contributed by atoms with E-state index in [0.29, 0.717) is 0 Å². The predicted octanol–water partition coefficient (Wildman–Crippen LogP) is 3.79. The Morgan fingerprint density at radius 3 is 2.69 bits per heavy atom. The number of nitriles is 1. The van der Waals surface area contributed by atoms with Crippen molar-refractivity contribution in [1.82, 2.24) is 0 Å². The summed E-state index contributed by atoms with van der Waals surface area (Å²) in [5.41, 5.74) is 1.25. The highest BCUT2D eigenvalue weighted by Crippen LogP contribution is 2.38. The van der Waals surface area contributed by atoms with Crippen LogP contribution in [0.1, 0.15) is 38.7 Å². The maximum absolute atomic E-state index is 9.12. The smallest absolute Gasteiger partial charge is 0.0771 e. The summed E-state index contributed by atoms with van der Waals surface area (Å²) < 4.78 is 0. The number of hydrogen-bond acceptors (Lipinski definition) is 2. The van der Waals surface area contributed by atoms with Crippen LogP contribution < -0.4 is 0 Å². The Labute approximate surface area is 84.0 Å². The Morgan fingerprint density at radius 2 is 2.31 bits per heavy atom. The summed E-state index contributed by atoms with van der Waals surface area (Å²) >= 11 is 1.66. The molecule has 2 heteroatoms. The van der Waals surface area contributed by atoms with Gasteiger partial charge >= 0.3 is 0 Å². The van der Waals surface area contributed by atoms with E-state index in [4.69, 9.17) is 5.26 Å². The Kier molecular flexibility index (Phi) is 3.11. The minimum absolute atomic E-state index is 0.0312. The van der Waals surface area contributed by atoms with Crippen LogP contribution in [0.25, 0.3) is 0 Å². The molecule has 0 N–H and O–H groups in total. The average Bonchev–Trinajstić information content (AvgIpc) is 2.58. The number of hydrogen-bond donors (Lipinski definition) is 0. The SMILES string of the molecule is CCC(C)(C)C(C#N)c1ccsc1. The summed E-state index contributed by atoms with van der Waals surface area (Å²) in [6, 6.07) is 4.45. The minimum Gasteiger partial charge on any atom is -0.198 e. The summed E-state index contributed by atoms with van der Waals surface area (Å²) in [4.78, 5) is 0. The van der Waals surface area contributed by atoms with Gasteiger partial charge in [-0.3, -0.25) is 0 Å². The molecular weight excluding hydrogens is 178 g/mol. The summed E-state index contributed by atoms with van der Waals surface area (Å²) in [6.07, 6.45) is 1.03. The molecule has 1 nitrogen and oxygen atoms in total. The lowest BCUT2D eigenvalue weighted by molar-refractivity contribution is 0.317. The maximum atomic E-state index is 9.12. The zero-order valence-electron chi connectivity index (χ0n) is 8.37. The van der Waals surface area contributed by atoms with Gasteiger partial charge in [-0.1, -0.05) is 20.8 Å². The first-order valence-corrected chi connectivity index (χ1v) is 5.48. The molecule has 1 aromatic rings. The van der Waals surface area contributed by atoms with Crippen molar-refractivity contribution >= 4 is 11.3 Å². The van der Waals surface area contributed by atoms with Gasteiger partial charge in [-0.25, -0.2) is 0 Å². The molecule has 0 radical (unpaired) electrons. The van der Waals surface area contributed by atoms with Gasteiger partial charge in [0.05, 0.1) is 12.0 Å². The first-order chi connectivity index (χ1) is 6.11. The molecule has 1 heterocycles. The second kappa shape index (κ2) is 3.93. The van der Waals surface area contributed by atoms with E-state index in [1.165, 1.54) is 5.56 Å². The zero-order valence-corrected chi connectivity index (χ0v) is 9.19. The van der Waals surface area contributed by atoms with Crippen LogP contribution in [0.2, 0.25) is 0 Å². The molecule has 70 valence electrons. The van der Waals surface area contributed by atoms with Crippen molar-refractivity contribution in [3.63, 3.8) is 0 Å². The number of nitrogens with zero attached hydrogens (tertiary/aromatic N) is 1. The standard InChI is InChI=1S/C11H15NS/c1-4-11(2,3)10(7-12)9-5-6-13-8-9/h5-6,8,10H,4H2,1-3H3. The third kappa shape index (κ3) is 2.10. The summed E-state index contributed by atoms with van der Waals surface area (Å²) in [5, 5.41) is 13.2. The zero-order chi connectivity index (χ0) is 9.90. The average molecular weight is 193 g/mol. The summed E-state index contributed by atoms with van der Waals surface area (Å²) in [5.74, 6) is 0.0312. The van der Waals surface area contributed by atoms with Crippen molar-refractivity contribution in [2.24, 2.45) is 5.41 Å². The third-order valence-corrected chi connectivity index (χ3v) is 3.40. The van der Waals surface area contributed by atoms with E-state index in [9.17, 15) is 0 Å². The fourth-order valence-corrected chi connectivity index (χ4v) is 2.03. The van der Waals surface area contributed by atoms with Crippen LogP contribution in [0.15, 0.2) is 16.8 Å². The van der Waals surface area contributed by atoms with Gasteiger partial charge in [0.2, 0.25) is 0 Å².